The molecule has 0 spiro atoms. The second-order valence-corrected chi connectivity index (χ2v) is 8.22. The van der Waals surface area contributed by atoms with Crippen LogP contribution in [0.2, 0.25) is 10.0 Å². The van der Waals surface area contributed by atoms with E-state index in [1.807, 2.05) is 0 Å². The van der Waals surface area contributed by atoms with Crippen LogP contribution in [0.1, 0.15) is 21.6 Å². The standard InChI is InChI=1S/C22H15Cl2F2N5O2/c1-28-16-3-2-11(6-15(16)25)7-18(32)30-4-5-31-17(10-30)19(22(27)33)21(29-31)12-8-13(23)20(26)14(24)9-12/h2-3,6,8-9H,4-5,7,10H2,(H2,27,33). The van der Waals surface area contributed by atoms with Crippen LogP contribution in [0.25, 0.3) is 16.1 Å². The summed E-state index contributed by atoms with van der Waals surface area (Å²) >= 11 is 11.8. The van der Waals surface area contributed by atoms with Gasteiger partial charge in [0.1, 0.15) is 11.5 Å². The zero-order chi connectivity index (χ0) is 23.9. The van der Waals surface area contributed by atoms with Crippen LogP contribution in [0, 0.1) is 18.2 Å². The van der Waals surface area contributed by atoms with Crippen molar-refractivity contribution in [2.75, 3.05) is 6.54 Å². The Morgan fingerprint density at radius 2 is 1.85 bits per heavy atom. The van der Waals surface area contributed by atoms with Crippen LogP contribution in [0.15, 0.2) is 30.3 Å². The Morgan fingerprint density at radius 3 is 2.45 bits per heavy atom. The largest absolute Gasteiger partial charge is 0.365 e. The van der Waals surface area contributed by atoms with Gasteiger partial charge in [0.05, 0.1) is 47.4 Å². The Morgan fingerprint density at radius 1 is 1.15 bits per heavy atom. The Balaban J connectivity index is 1.64. The van der Waals surface area contributed by atoms with Gasteiger partial charge in [0.2, 0.25) is 11.6 Å². The number of hydrogen-bond donors (Lipinski definition) is 1. The van der Waals surface area contributed by atoms with E-state index in [9.17, 15) is 18.4 Å². The van der Waals surface area contributed by atoms with Crippen molar-refractivity contribution in [2.24, 2.45) is 5.73 Å². The van der Waals surface area contributed by atoms with Crippen LogP contribution in [-0.4, -0.2) is 33.0 Å². The molecule has 0 fully saturated rings. The molecule has 4 rings (SSSR count). The molecule has 0 saturated carbocycles. The zero-order valence-electron chi connectivity index (χ0n) is 16.9. The molecule has 0 atom stereocenters. The van der Waals surface area contributed by atoms with Crippen LogP contribution in [0.4, 0.5) is 14.5 Å². The number of amides is 2. The lowest BCUT2D eigenvalue weighted by atomic mass is 10.0. The lowest BCUT2D eigenvalue weighted by molar-refractivity contribution is -0.132. The van der Waals surface area contributed by atoms with Gasteiger partial charge >= 0.3 is 0 Å². The number of halogens is 4. The molecule has 1 aliphatic rings. The number of aromatic nitrogens is 2. The summed E-state index contributed by atoms with van der Waals surface area (Å²) in [6.07, 6.45) is -0.0781. The van der Waals surface area contributed by atoms with E-state index in [4.69, 9.17) is 35.5 Å². The van der Waals surface area contributed by atoms with Crippen LogP contribution >= 0.6 is 23.2 Å². The number of hydrogen-bond acceptors (Lipinski definition) is 3. The van der Waals surface area contributed by atoms with E-state index in [0.29, 0.717) is 23.4 Å². The SMILES string of the molecule is [C-]#[N+]c1ccc(CC(=O)N2CCn3nc(-c4cc(Cl)c(F)c(Cl)c4)c(C(N)=O)c3C2)cc1F. The van der Waals surface area contributed by atoms with Gasteiger partial charge in [-0.05, 0) is 23.8 Å². The quantitative estimate of drug-likeness (QED) is 0.436. The van der Waals surface area contributed by atoms with E-state index in [2.05, 4.69) is 9.94 Å². The molecule has 2 amide bonds. The van der Waals surface area contributed by atoms with Crippen molar-refractivity contribution in [3.63, 3.8) is 0 Å². The van der Waals surface area contributed by atoms with Crippen LogP contribution in [0.3, 0.4) is 0 Å². The van der Waals surface area contributed by atoms with Gasteiger partial charge in [-0.2, -0.15) is 5.10 Å². The topological polar surface area (TPSA) is 85.6 Å². The van der Waals surface area contributed by atoms with E-state index in [0.717, 1.165) is 6.07 Å². The van der Waals surface area contributed by atoms with Gasteiger partial charge in [0, 0.05) is 12.1 Å². The number of primary amides is 1. The van der Waals surface area contributed by atoms with Gasteiger partial charge in [0.25, 0.3) is 5.91 Å². The average Bonchev–Trinajstić information content (AvgIpc) is 3.16. The summed E-state index contributed by atoms with van der Waals surface area (Å²) in [5.41, 5.74) is 6.93. The summed E-state index contributed by atoms with van der Waals surface area (Å²) in [4.78, 5) is 29.7. The Labute approximate surface area is 197 Å². The molecule has 0 aliphatic carbocycles. The molecule has 33 heavy (non-hydrogen) atoms. The van der Waals surface area contributed by atoms with Crippen molar-refractivity contribution >= 4 is 40.7 Å². The van der Waals surface area contributed by atoms with E-state index < -0.39 is 17.5 Å². The first-order chi connectivity index (χ1) is 15.7. The van der Waals surface area contributed by atoms with E-state index >= 15 is 0 Å². The number of rotatable bonds is 4. The highest BCUT2D eigenvalue weighted by molar-refractivity contribution is 6.35. The minimum Gasteiger partial charge on any atom is -0.365 e. The Kier molecular flexibility index (Phi) is 6.06. The molecule has 0 radical (unpaired) electrons. The summed E-state index contributed by atoms with van der Waals surface area (Å²) < 4.78 is 29.3. The number of fused-ring (bicyclic) bond motifs is 1. The van der Waals surface area contributed by atoms with Crippen LogP contribution in [-0.2, 0) is 24.3 Å². The molecule has 168 valence electrons. The van der Waals surface area contributed by atoms with Gasteiger partial charge in [0.15, 0.2) is 5.82 Å². The van der Waals surface area contributed by atoms with Crippen molar-refractivity contribution in [1.29, 1.82) is 0 Å². The number of benzene rings is 2. The first-order valence-corrected chi connectivity index (χ1v) is 10.4. The minimum atomic E-state index is -0.788. The maximum Gasteiger partial charge on any atom is 0.252 e. The van der Waals surface area contributed by atoms with Crippen molar-refractivity contribution in [1.82, 2.24) is 14.7 Å². The number of nitrogens with zero attached hydrogens (tertiary/aromatic N) is 4. The predicted molar refractivity (Wildman–Crippen MR) is 118 cm³/mol. The summed E-state index contributed by atoms with van der Waals surface area (Å²) in [5.74, 6) is -2.54. The summed E-state index contributed by atoms with van der Waals surface area (Å²) in [6, 6.07) is 6.61. The highest BCUT2D eigenvalue weighted by Gasteiger charge is 2.30. The Bertz CT molecular complexity index is 1330. The highest BCUT2D eigenvalue weighted by atomic mass is 35.5. The highest BCUT2D eigenvalue weighted by Crippen LogP contribution is 2.34. The molecule has 2 heterocycles. The van der Waals surface area contributed by atoms with Gasteiger partial charge in [-0.1, -0.05) is 35.3 Å². The minimum absolute atomic E-state index is 0.0510. The smallest absolute Gasteiger partial charge is 0.252 e. The average molecular weight is 490 g/mol. The van der Waals surface area contributed by atoms with E-state index in [-0.39, 0.29) is 52.4 Å². The maximum absolute atomic E-state index is 13.9. The van der Waals surface area contributed by atoms with Crippen molar-refractivity contribution in [2.45, 2.75) is 19.5 Å². The summed E-state index contributed by atoms with van der Waals surface area (Å²) in [6.45, 7) is 7.55. The van der Waals surface area contributed by atoms with Crippen molar-refractivity contribution < 1.29 is 18.4 Å². The summed E-state index contributed by atoms with van der Waals surface area (Å²) in [7, 11) is 0. The fraction of sp³-hybridized carbons (Fsp3) is 0.182. The predicted octanol–water partition coefficient (Wildman–Crippen LogP) is 4.37. The number of nitrogens with two attached hydrogens (primary N) is 1. The first-order valence-electron chi connectivity index (χ1n) is 9.67. The third-order valence-electron chi connectivity index (χ3n) is 5.32. The summed E-state index contributed by atoms with van der Waals surface area (Å²) in [5, 5.41) is 3.96. The Hall–Kier alpha value is -3.48. The van der Waals surface area contributed by atoms with Gasteiger partial charge < -0.3 is 10.6 Å². The van der Waals surface area contributed by atoms with Crippen molar-refractivity contribution in [3.8, 4) is 11.3 Å². The molecular weight excluding hydrogens is 475 g/mol. The molecule has 0 unspecified atom stereocenters. The molecule has 11 heteroatoms. The zero-order valence-corrected chi connectivity index (χ0v) is 18.4. The first kappa shape index (κ1) is 22.7. The molecule has 0 saturated heterocycles. The fourth-order valence-electron chi connectivity index (χ4n) is 3.72. The van der Waals surface area contributed by atoms with Crippen molar-refractivity contribution in [3.05, 3.63) is 80.2 Å². The second kappa shape index (κ2) is 8.81. The third kappa shape index (κ3) is 4.27. The molecule has 1 aromatic heterocycles. The van der Waals surface area contributed by atoms with Gasteiger partial charge in [-0.15, -0.1) is 0 Å². The number of carbonyl (C=O) groups is 2. The molecule has 2 N–H and O–H groups in total. The molecule has 0 bridgehead atoms. The molecular formula is C22H15Cl2F2N5O2. The van der Waals surface area contributed by atoms with E-state index in [1.165, 1.54) is 29.2 Å². The second-order valence-electron chi connectivity index (χ2n) is 7.40. The number of carbonyl (C=O) groups excluding carboxylic acids is 2. The van der Waals surface area contributed by atoms with Crippen LogP contribution in [0.5, 0.6) is 0 Å². The lowest BCUT2D eigenvalue weighted by Gasteiger charge is -2.28. The fourth-order valence-corrected chi connectivity index (χ4v) is 4.21. The van der Waals surface area contributed by atoms with E-state index in [1.54, 1.807) is 4.68 Å². The molecule has 2 aromatic carbocycles. The monoisotopic (exact) mass is 489 g/mol. The van der Waals surface area contributed by atoms with Crippen LogP contribution < -0.4 is 5.73 Å². The molecule has 3 aromatic rings. The lowest BCUT2D eigenvalue weighted by Crippen LogP contribution is -2.40. The maximum atomic E-state index is 13.9. The van der Waals surface area contributed by atoms with Gasteiger partial charge in [-0.3, -0.25) is 14.3 Å². The normalized spacial score (nSPS) is 12.9. The third-order valence-corrected chi connectivity index (χ3v) is 5.87. The molecule has 1 aliphatic heterocycles. The van der Waals surface area contributed by atoms with Gasteiger partial charge in [-0.25, -0.2) is 13.6 Å². The molecule has 7 nitrogen and oxygen atoms in total.